The van der Waals surface area contributed by atoms with Gasteiger partial charge in [0.2, 0.25) is 10.0 Å². The molecule has 0 spiro atoms. The van der Waals surface area contributed by atoms with E-state index in [1.165, 1.54) is 6.92 Å². The van der Waals surface area contributed by atoms with Crippen molar-refractivity contribution in [2.75, 3.05) is 30.3 Å². The van der Waals surface area contributed by atoms with Crippen molar-refractivity contribution in [1.82, 2.24) is 0 Å². The van der Waals surface area contributed by atoms with Gasteiger partial charge in [-0.25, -0.2) is 8.42 Å². The van der Waals surface area contributed by atoms with Crippen LogP contribution in [0.3, 0.4) is 0 Å². The second-order valence-electron chi connectivity index (χ2n) is 4.05. The molecule has 17 heavy (non-hydrogen) atoms. The number of aliphatic hydroxyl groups excluding tert-OH is 1. The van der Waals surface area contributed by atoms with Crippen molar-refractivity contribution in [1.29, 1.82) is 0 Å². The highest BCUT2D eigenvalue weighted by molar-refractivity contribution is 7.93. The van der Waals surface area contributed by atoms with E-state index in [4.69, 9.17) is 5.11 Å². The number of anilines is 2. The molecule has 96 valence electrons. The molecule has 0 fully saturated rings. The van der Waals surface area contributed by atoms with Crippen LogP contribution in [-0.2, 0) is 10.0 Å². The number of aliphatic hydroxyl groups is 1. The first kappa shape index (κ1) is 13.8. The predicted octanol–water partition coefficient (Wildman–Crippen LogP) is 0.875. The topological polar surface area (TPSA) is 69.6 Å². The molecule has 1 aromatic rings. The predicted molar refractivity (Wildman–Crippen MR) is 69.9 cm³/mol. The van der Waals surface area contributed by atoms with Gasteiger partial charge in [-0.3, -0.25) is 4.72 Å². The third-order valence-corrected chi connectivity index (χ3v) is 4.14. The second-order valence-corrected chi connectivity index (χ2v) is 6.15. The average molecular weight is 258 g/mol. The molecule has 0 aliphatic heterocycles. The quantitative estimate of drug-likeness (QED) is 0.822. The van der Waals surface area contributed by atoms with E-state index in [-0.39, 0.29) is 0 Å². The molecule has 0 radical (unpaired) electrons. The fourth-order valence-corrected chi connectivity index (χ4v) is 2.18. The number of hydrogen-bond donors (Lipinski definition) is 2. The van der Waals surface area contributed by atoms with Crippen LogP contribution in [0.1, 0.15) is 6.92 Å². The molecule has 1 atom stereocenters. The van der Waals surface area contributed by atoms with E-state index in [2.05, 4.69) is 4.72 Å². The lowest BCUT2D eigenvalue weighted by Crippen LogP contribution is -2.28. The first-order valence-electron chi connectivity index (χ1n) is 5.27. The van der Waals surface area contributed by atoms with E-state index >= 15 is 0 Å². The summed E-state index contributed by atoms with van der Waals surface area (Å²) in [4.78, 5) is 1.82. The maximum atomic E-state index is 11.8. The summed E-state index contributed by atoms with van der Waals surface area (Å²) >= 11 is 0. The number of para-hydroxylation sites is 2. The third kappa shape index (κ3) is 3.34. The van der Waals surface area contributed by atoms with Crippen LogP contribution in [0, 0.1) is 0 Å². The highest BCUT2D eigenvalue weighted by atomic mass is 32.2. The van der Waals surface area contributed by atoms with Gasteiger partial charge in [-0.2, -0.15) is 0 Å². The van der Waals surface area contributed by atoms with Crippen LogP contribution in [-0.4, -0.2) is 39.5 Å². The fourth-order valence-electron chi connectivity index (χ4n) is 1.30. The summed E-state index contributed by atoms with van der Waals surface area (Å²) < 4.78 is 26.1. The number of benzene rings is 1. The van der Waals surface area contributed by atoms with E-state index in [9.17, 15) is 8.42 Å². The van der Waals surface area contributed by atoms with Gasteiger partial charge in [-0.1, -0.05) is 12.1 Å². The molecule has 1 aromatic carbocycles. The van der Waals surface area contributed by atoms with Crippen molar-refractivity contribution in [2.45, 2.75) is 12.2 Å². The van der Waals surface area contributed by atoms with Crippen LogP contribution < -0.4 is 9.62 Å². The summed E-state index contributed by atoms with van der Waals surface area (Å²) in [5.74, 6) is 0. The molecule has 0 bridgehead atoms. The van der Waals surface area contributed by atoms with Crippen molar-refractivity contribution in [3.05, 3.63) is 24.3 Å². The highest BCUT2D eigenvalue weighted by Crippen LogP contribution is 2.25. The largest absolute Gasteiger partial charge is 0.395 e. The summed E-state index contributed by atoms with van der Waals surface area (Å²) in [6.07, 6.45) is 0. The highest BCUT2D eigenvalue weighted by Gasteiger charge is 2.20. The van der Waals surface area contributed by atoms with Gasteiger partial charge >= 0.3 is 0 Å². The van der Waals surface area contributed by atoms with Gasteiger partial charge in [-0.05, 0) is 19.1 Å². The molecule has 0 aliphatic rings. The lowest BCUT2D eigenvalue weighted by atomic mass is 10.2. The lowest BCUT2D eigenvalue weighted by Gasteiger charge is -2.19. The minimum atomic E-state index is -3.55. The Morgan fingerprint density at radius 2 is 1.94 bits per heavy atom. The molecule has 0 aromatic heterocycles. The Morgan fingerprint density at radius 3 is 2.47 bits per heavy atom. The molecular formula is C11H18N2O3S. The van der Waals surface area contributed by atoms with Crippen LogP contribution in [0.4, 0.5) is 11.4 Å². The SMILES string of the molecule is CC(CO)S(=O)(=O)Nc1ccccc1N(C)C. The smallest absolute Gasteiger partial charge is 0.237 e. The Labute approximate surface area is 102 Å². The maximum absolute atomic E-state index is 11.8. The molecule has 0 saturated heterocycles. The van der Waals surface area contributed by atoms with Gasteiger partial charge in [0.15, 0.2) is 0 Å². The normalized spacial score (nSPS) is 13.2. The van der Waals surface area contributed by atoms with Gasteiger partial charge in [-0.15, -0.1) is 0 Å². The molecule has 6 heteroatoms. The Hall–Kier alpha value is -1.27. The van der Waals surface area contributed by atoms with E-state index in [0.29, 0.717) is 5.69 Å². The monoisotopic (exact) mass is 258 g/mol. The molecule has 0 amide bonds. The van der Waals surface area contributed by atoms with Crippen molar-refractivity contribution in [2.24, 2.45) is 0 Å². The number of nitrogens with zero attached hydrogens (tertiary/aromatic N) is 1. The molecular weight excluding hydrogens is 240 g/mol. The fraction of sp³-hybridized carbons (Fsp3) is 0.455. The second kappa shape index (κ2) is 5.37. The van der Waals surface area contributed by atoms with Crippen molar-refractivity contribution < 1.29 is 13.5 Å². The van der Waals surface area contributed by atoms with Crippen LogP contribution in [0.25, 0.3) is 0 Å². The molecule has 5 nitrogen and oxygen atoms in total. The van der Waals surface area contributed by atoms with E-state index < -0.39 is 21.9 Å². The zero-order chi connectivity index (χ0) is 13.1. The van der Waals surface area contributed by atoms with Crippen molar-refractivity contribution in [3.8, 4) is 0 Å². The van der Waals surface area contributed by atoms with Crippen molar-refractivity contribution in [3.63, 3.8) is 0 Å². The van der Waals surface area contributed by atoms with Crippen LogP contribution in [0.2, 0.25) is 0 Å². The standard InChI is InChI=1S/C11H18N2O3S/c1-9(8-14)17(15,16)12-10-6-4-5-7-11(10)13(2)3/h4-7,9,12,14H,8H2,1-3H3. The van der Waals surface area contributed by atoms with Gasteiger partial charge in [0.05, 0.1) is 18.0 Å². The molecule has 1 unspecified atom stereocenters. The summed E-state index contributed by atoms with van der Waals surface area (Å²) in [6.45, 7) is 1.06. The minimum Gasteiger partial charge on any atom is -0.395 e. The summed E-state index contributed by atoms with van der Waals surface area (Å²) in [7, 11) is 0.126. The van der Waals surface area contributed by atoms with Crippen molar-refractivity contribution >= 4 is 21.4 Å². The molecule has 1 rings (SSSR count). The number of nitrogens with one attached hydrogen (secondary N) is 1. The van der Waals surface area contributed by atoms with E-state index in [0.717, 1.165) is 5.69 Å². The minimum absolute atomic E-state index is 0.403. The zero-order valence-corrected chi connectivity index (χ0v) is 11.0. The Morgan fingerprint density at radius 1 is 1.35 bits per heavy atom. The molecule has 0 heterocycles. The zero-order valence-electron chi connectivity index (χ0n) is 10.2. The molecule has 2 N–H and O–H groups in total. The van der Waals surface area contributed by atoms with Crippen LogP contribution in [0.15, 0.2) is 24.3 Å². The van der Waals surface area contributed by atoms with Gasteiger partial charge < -0.3 is 10.0 Å². The average Bonchev–Trinajstić information content (AvgIpc) is 2.27. The van der Waals surface area contributed by atoms with Crippen LogP contribution in [0.5, 0.6) is 0 Å². The molecule has 0 aliphatic carbocycles. The first-order chi connectivity index (χ1) is 7.88. The van der Waals surface area contributed by atoms with Crippen LogP contribution >= 0.6 is 0 Å². The van der Waals surface area contributed by atoms with Gasteiger partial charge in [0, 0.05) is 14.1 Å². The maximum Gasteiger partial charge on any atom is 0.237 e. The third-order valence-electron chi connectivity index (χ3n) is 2.42. The number of hydrogen-bond acceptors (Lipinski definition) is 4. The Bertz CT molecular complexity index is 471. The Balaban J connectivity index is 3.04. The van der Waals surface area contributed by atoms with E-state index in [1.54, 1.807) is 12.1 Å². The lowest BCUT2D eigenvalue weighted by molar-refractivity contribution is 0.296. The summed E-state index contributed by atoms with van der Waals surface area (Å²) in [6, 6.07) is 7.11. The number of rotatable bonds is 5. The first-order valence-corrected chi connectivity index (χ1v) is 6.82. The molecule has 0 saturated carbocycles. The van der Waals surface area contributed by atoms with Gasteiger partial charge in [0.1, 0.15) is 5.25 Å². The van der Waals surface area contributed by atoms with Gasteiger partial charge in [0.25, 0.3) is 0 Å². The summed E-state index contributed by atoms with van der Waals surface area (Å²) in [5, 5.41) is 8.06. The number of sulfonamides is 1. The van der Waals surface area contributed by atoms with E-state index in [1.807, 2.05) is 31.1 Å². The Kier molecular flexibility index (Phi) is 4.36. The summed E-state index contributed by atoms with van der Waals surface area (Å²) in [5.41, 5.74) is 1.29.